The second kappa shape index (κ2) is 5.93. The molecule has 2 rings (SSSR count). The summed E-state index contributed by atoms with van der Waals surface area (Å²) in [5.41, 5.74) is 12.1. The molecule has 0 fully saturated rings. The number of nitrogens with zero attached hydrogens (tertiary/aromatic N) is 1. The van der Waals surface area contributed by atoms with Gasteiger partial charge >= 0.3 is 10.1 Å². The van der Waals surface area contributed by atoms with Crippen LogP contribution in [0, 0.1) is 13.8 Å². The van der Waals surface area contributed by atoms with Crippen molar-refractivity contribution in [2.24, 2.45) is 16.6 Å². The average Bonchev–Trinajstić information content (AvgIpc) is 2.85. The maximum atomic E-state index is 12.1. The van der Waals surface area contributed by atoms with E-state index in [-0.39, 0.29) is 0 Å². The van der Waals surface area contributed by atoms with Gasteiger partial charge in [-0.3, -0.25) is 9.08 Å². The summed E-state index contributed by atoms with van der Waals surface area (Å²) in [6.07, 6.45) is 0. The van der Waals surface area contributed by atoms with E-state index in [1.54, 1.807) is 6.07 Å². The zero-order valence-electron chi connectivity index (χ0n) is 12.0. The van der Waals surface area contributed by atoms with Gasteiger partial charge in [0, 0.05) is 4.70 Å². The minimum absolute atomic E-state index is 0.348. The van der Waals surface area contributed by atoms with Crippen LogP contribution in [0.2, 0.25) is 0 Å². The molecule has 0 bridgehead atoms. The molecule has 0 unspecified atom stereocenters. The van der Waals surface area contributed by atoms with E-state index in [2.05, 4.69) is 9.44 Å². The lowest BCUT2D eigenvalue weighted by Crippen LogP contribution is -2.24. The topological polar surface area (TPSA) is 125 Å². The number of Topliss-reactive ketones (excluding diaryl/α,β-unsaturated/α-hetero) is 1. The highest BCUT2D eigenvalue weighted by Gasteiger charge is 2.21. The van der Waals surface area contributed by atoms with Crippen molar-refractivity contribution in [2.45, 2.75) is 13.8 Å². The summed E-state index contributed by atoms with van der Waals surface area (Å²) in [5, 5.41) is 3.89. The van der Waals surface area contributed by atoms with Crippen molar-refractivity contribution in [1.29, 1.82) is 0 Å². The Bertz CT molecular complexity index is 865. The van der Waals surface area contributed by atoms with Crippen molar-refractivity contribution in [3.8, 4) is 0 Å². The maximum absolute atomic E-state index is 12.1. The van der Waals surface area contributed by atoms with Crippen LogP contribution in [0.3, 0.4) is 0 Å². The molecule has 7 nitrogen and oxygen atoms in total. The van der Waals surface area contributed by atoms with Gasteiger partial charge in [0.2, 0.25) is 5.96 Å². The van der Waals surface area contributed by atoms with Crippen LogP contribution in [-0.4, -0.2) is 25.9 Å². The molecule has 0 aliphatic rings. The van der Waals surface area contributed by atoms with Gasteiger partial charge in [0.15, 0.2) is 11.5 Å². The summed E-state index contributed by atoms with van der Waals surface area (Å²) in [4.78, 5) is 12.5. The molecular weight excluding hydrogens is 326 g/mol. The van der Waals surface area contributed by atoms with Crippen LogP contribution in [0.5, 0.6) is 0 Å². The molecule has 4 N–H and O–H groups in total. The van der Waals surface area contributed by atoms with Crippen molar-refractivity contribution in [2.75, 3.05) is 5.75 Å². The van der Waals surface area contributed by atoms with E-state index in [0.29, 0.717) is 4.88 Å². The maximum Gasteiger partial charge on any atom is 0.336 e. The first kappa shape index (κ1) is 16.2. The molecule has 0 radical (unpaired) electrons. The van der Waals surface area contributed by atoms with Gasteiger partial charge in [0.1, 0.15) is 0 Å². The number of carbonyl (C=O) groups is 1. The monoisotopic (exact) mass is 341 g/mol. The van der Waals surface area contributed by atoms with E-state index in [1.165, 1.54) is 11.3 Å². The van der Waals surface area contributed by atoms with E-state index in [9.17, 15) is 13.2 Å². The molecule has 0 saturated heterocycles. The van der Waals surface area contributed by atoms with Crippen LogP contribution in [0.25, 0.3) is 10.1 Å². The van der Waals surface area contributed by atoms with E-state index < -0.39 is 27.6 Å². The number of hydrogen-bond donors (Lipinski definition) is 2. The van der Waals surface area contributed by atoms with Gasteiger partial charge in [-0.15, -0.1) is 11.3 Å². The fourth-order valence-electron chi connectivity index (χ4n) is 1.86. The first-order valence-electron chi connectivity index (χ1n) is 6.23. The molecule has 0 amide bonds. The molecule has 0 spiro atoms. The number of rotatable bonds is 5. The highest BCUT2D eigenvalue weighted by atomic mass is 32.2. The van der Waals surface area contributed by atoms with Crippen LogP contribution >= 0.6 is 11.3 Å². The van der Waals surface area contributed by atoms with Gasteiger partial charge in [-0.1, -0.05) is 6.07 Å². The Morgan fingerprint density at radius 3 is 2.64 bits per heavy atom. The molecule has 0 saturated carbocycles. The van der Waals surface area contributed by atoms with Gasteiger partial charge in [-0.2, -0.15) is 8.42 Å². The first-order chi connectivity index (χ1) is 10.2. The summed E-state index contributed by atoms with van der Waals surface area (Å²) >= 11 is 1.24. The van der Waals surface area contributed by atoms with Gasteiger partial charge in [-0.05, 0) is 47.6 Å². The zero-order chi connectivity index (χ0) is 16.5. The number of thiophene rings is 1. The lowest BCUT2D eigenvalue weighted by molar-refractivity contribution is 0.102. The Morgan fingerprint density at radius 1 is 1.32 bits per heavy atom. The fraction of sp³-hybridized carbons (Fsp3) is 0.231. The Balaban J connectivity index is 2.27. The van der Waals surface area contributed by atoms with Crippen molar-refractivity contribution in [3.63, 3.8) is 0 Å². The third-order valence-corrected chi connectivity index (χ3v) is 5.14. The minimum Gasteiger partial charge on any atom is -0.367 e. The molecular formula is C13H15N3O4S2. The quantitative estimate of drug-likeness (QED) is 0.365. The predicted octanol–water partition coefficient (Wildman–Crippen LogP) is 1.24. The number of fused-ring (bicyclic) bond motifs is 1. The highest BCUT2D eigenvalue weighted by Crippen LogP contribution is 2.30. The number of guanidine groups is 1. The molecule has 0 atom stereocenters. The lowest BCUT2D eigenvalue weighted by Gasteiger charge is -2.00. The van der Waals surface area contributed by atoms with Crippen LogP contribution in [0.1, 0.15) is 20.8 Å². The third kappa shape index (κ3) is 3.55. The summed E-state index contributed by atoms with van der Waals surface area (Å²) in [5.74, 6) is -1.93. The van der Waals surface area contributed by atoms with Crippen LogP contribution < -0.4 is 11.5 Å². The molecule has 22 heavy (non-hydrogen) atoms. The van der Waals surface area contributed by atoms with Gasteiger partial charge in [0.25, 0.3) is 0 Å². The SMILES string of the molecule is Cc1ccc2sc(C(=O)CS(=O)(=O)ON=C(N)N)cc2c1C. The number of nitrogens with two attached hydrogens (primary N) is 2. The first-order valence-corrected chi connectivity index (χ1v) is 8.62. The van der Waals surface area contributed by atoms with Crippen LogP contribution in [0.15, 0.2) is 23.4 Å². The van der Waals surface area contributed by atoms with E-state index >= 15 is 0 Å². The number of oxime groups is 1. The molecule has 1 aromatic heterocycles. The van der Waals surface area contributed by atoms with Gasteiger partial charge in [-0.25, -0.2) is 0 Å². The zero-order valence-corrected chi connectivity index (χ0v) is 13.6. The Morgan fingerprint density at radius 2 is 2.00 bits per heavy atom. The molecule has 1 aromatic carbocycles. The van der Waals surface area contributed by atoms with E-state index in [1.807, 2.05) is 26.0 Å². The molecule has 118 valence electrons. The number of ketones is 1. The number of carbonyl (C=O) groups excluding carboxylic acids is 1. The standard InChI is InChI=1S/C13H15N3O4S2/c1-7-3-4-11-9(8(7)2)5-12(21-11)10(17)6-22(18,19)20-16-13(14)15/h3-5H,6H2,1-2H3,(H4,14,15,16). The average molecular weight is 341 g/mol. The predicted molar refractivity (Wildman–Crippen MR) is 86.3 cm³/mol. The highest BCUT2D eigenvalue weighted by molar-refractivity contribution is 7.87. The Kier molecular flexibility index (Phi) is 4.38. The number of hydrogen-bond acceptors (Lipinski definition) is 6. The van der Waals surface area contributed by atoms with Crippen molar-refractivity contribution < 1.29 is 17.5 Å². The fourth-order valence-corrected chi connectivity index (χ4v) is 3.73. The number of benzene rings is 1. The van der Waals surface area contributed by atoms with Crippen LogP contribution in [-0.2, 0) is 14.4 Å². The summed E-state index contributed by atoms with van der Waals surface area (Å²) < 4.78 is 28.3. The molecule has 9 heteroatoms. The van der Waals surface area contributed by atoms with E-state index in [4.69, 9.17) is 11.5 Å². The molecule has 2 aromatic rings. The second-order valence-corrected chi connectivity index (χ2v) is 7.38. The summed E-state index contributed by atoms with van der Waals surface area (Å²) in [7, 11) is -4.17. The molecule has 0 aliphatic heterocycles. The molecule has 0 aliphatic carbocycles. The van der Waals surface area contributed by atoms with E-state index in [0.717, 1.165) is 21.2 Å². The Hall–Kier alpha value is -2.13. The lowest BCUT2D eigenvalue weighted by atomic mass is 10.1. The smallest absolute Gasteiger partial charge is 0.336 e. The van der Waals surface area contributed by atoms with Gasteiger partial charge in [0.05, 0.1) is 4.88 Å². The minimum atomic E-state index is -4.17. The third-order valence-electron chi connectivity index (χ3n) is 3.08. The van der Waals surface area contributed by atoms with Gasteiger partial charge < -0.3 is 11.5 Å². The number of aryl methyl sites for hydroxylation is 2. The van der Waals surface area contributed by atoms with Crippen molar-refractivity contribution >= 4 is 43.3 Å². The second-order valence-electron chi connectivity index (χ2n) is 4.75. The molecule has 1 heterocycles. The van der Waals surface area contributed by atoms with Crippen molar-refractivity contribution in [1.82, 2.24) is 0 Å². The normalized spacial score (nSPS) is 11.4. The summed E-state index contributed by atoms with van der Waals surface area (Å²) in [6, 6.07) is 5.56. The van der Waals surface area contributed by atoms with Crippen LogP contribution in [0.4, 0.5) is 0 Å². The Labute approximate surface area is 131 Å². The summed E-state index contributed by atoms with van der Waals surface area (Å²) in [6.45, 7) is 3.93. The van der Waals surface area contributed by atoms with Crippen molar-refractivity contribution in [3.05, 3.63) is 34.2 Å². The largest absolute Gasteiger partial charge is 0.367 e.